The lowest BCUT2D eigenvalue weighted by Crippen LogP contribution is -2.61. The second-order valence-electron chi connectivity index (χ2n) is 6.00. The molecule has 2 aliphatic heterocycles. The van der Waals surface area contributed by atoms with Crippen LogP contribution >= 0.6 is 0 Å². The number of nitrogens with zero attached hydrogens (tertiary/aromatic N) is 4. The molecule has 3 heterocycles. The van der Waals surface area contributed by atoms with E-state index in [2.05, 4.69) is 26.8 Å². The Morgan fingerprint density at radius 3 is 2.87 bits per heavy atom. The van der Waals surface area contributed by atoms with Crippen molar-refractivity contribution < 1.29 is 13.5 Å². The van der Waals surface area contributed by atoms with Crippen LogP contribution in [0.25, 0.3) is 10.9 Å². The molecule has 122 valence electrons. The minimum absolute atomic E-state index is 0.127. The maximum Gasteiger partial charge on any atom is 0.387 e. The number of ether oxygens (including phenoxy) is 1. The van der Waals surface area contributed by atoms with Crippen LogP contribution in [0.4, 0.5) is 20.3 Å². The van der Waals surface area contributed by atoms with E-state index in [0.29, 0.717) is 22.6 Å². The summed E-state index contributed by atoms with van der Waals surface area (Å²) in [5.74, 6) is 0.404. The lowest BCUT2D eigenvalue weighted by Gasteiger charge is -2.48. The van der Waals surface area contributed by atoms with Gasteiger partial charge in [0.05, 0.1) is 16.6 Å². The summed E-state index contributed by atoms with van der Waals surface area (Å²) in [7, 11) is 2.08. The third-order valence-electron chi connectivity index (χ3n) is 4.84. The van der Waals surface area contributed by atoms with E-state index in [0.717, 1.165) is 19.5 Å². The minimum Gasteiger partial charge on any atom is -0.433 e. The van der Waals surface area contributed by atoms with E-state index < -0.39 is 6.61 Å². The van der Waals surface area contributed by atoms with Gasteiger partial charge in [-0.15, -0.1) is 0 Å². The van der Waals surface area contributed by atoms with Crippen molar-refractivity contribution >= 4 is 22.4 Å². The largest absolute Gasteiger partial charge is 0.433 e. The van der Waals surface area contributed by atoms with Crippen molar-refractivity contribution in [3.05, 3.63) is 18.5 Å². The number of hydrogen-bond donors (Lipinski definition) is 1. The summed E-state index contributed by atoms with van der Waals surface area (Å²) >= 11 is 0. The standard InChI is InChI=1S/C15H17F2N5O/c1-21-5-4-9-10(21)6-22(9)13-11(23-15(16)17)3-2-8-12(13)14(18)20-7-19-8/h2-3,7,9-10,15H,4-6H2,1H3,(H2,18,19,20)/t9-,10-/m0/s1. The maximum atomic E-state index is 12.8. The Labute approximate surface area is 131 Å². The summed E-state index contributed by atoms with van der Waals surface area (Å²) in [5.41, 5.74) is 7.22. The summed E-state index contributed by atoms with van der Waals surface area (Å²) in [4.78, 5) is 12.6. The van der Waals surface area contributed by atoms with Crippen LogP contribution in [0.2, 0.25) is 0 Å². The molecule has 0 saturated carbocycles. The molecule has 2 saturated heterocycles. The number of nitrogens with two attached hydrogens (primary N) is 1. The maximum absolute atomic E-state index is 12.8. The van der Waals surface area contributed by atoms with Gasteiger partial charge >= 0.3 is 6.61 Å². The van der Waals surface area contributed by atoms with E-state index in [9.17, 15) is 8.78 Å². The Hall–Kier alpha value is -2.22. The predicted molar refractivity (Wildman–Crippen MR) is 82.8 cm³/mol. The van der Waals surface area contributed by atoms with E-state index in [1.165, 1.54) is 12.4 Å². The number of likely N-dealkylation sites (tertiary alicyclic amines) is 1. The molecule has 0 bridgehead atoms. The quantitative estimate of drug-likeness (QED) is 0.928. The molecule has 2 N–H and O–H groups in total. The first kappa shape index (κ1) is 14.4. The molecule has 4 rings (SSSR count). The van der Waals surface area contributed by atoms with Crippen LogP contribution in [-0.2, 0) is 0 Å². The molecule has 6 nitrogen and oxygen atoms in total. The fraction of sp³-hybridized carbons (Fsp3) is 0.467. The van der Waals surface area contributed by atoms with Gasteiger partial charge in [0.15, 0.2) is 0 Å². The smallest absolute Gasteiger partial charge is 0.387 e. The highest BCUT2D eigenvalue weighted by Gasteiger charge is 2.47. The highest BCUT2D eigenvalue weighted by Crippen LogP contribution is 2.45. The number of fused-ring (bicyclic) bond motifs is 2. The van der Waals surface area contributed by atoms with Crippen LogP contribution in [0.1, 0.15) is 6.42 Å². The molecule has 0 aliphatic carbocycles. The molecule has 2 aromatic rings. The first-order chi connectivity index (χ1) is 11.1. The van der Waals surface area contributed by atoms with Crippen molar-refractivity contribution in [3.63, 3.8) is 0 Å². The summed E-state index contributed by atoms with van der Waals surface area (Å²) in [6.07, 6.45) is 2.36. The zero-order valence-corrected chi connectivity index (χ0v) is 12.6. The predicted octanol–water partition coefficient (Wildman–Crippen LogP) is 1.71. The SMILES string of the molecule is CN1CC[C@H]2[C@@H]1CN2c1c(OC(F)F)ccc2ncnc(N)c12. The van der Waals surface area contributed by atoms with Crippen LogP contribution in [-0.4, -0.2) is 53.7 Å². The summed E-state index contributed by atoms with van der Waals surface area (Å²) in [6.45, 7) is -1.14. The van der Waals surface area contributed by atoms with Gasteiger partial charge in [-0.2, -0.15) is 8.78 Å². The van der Waals surface area contributed by atoms with Crippen LogP contribution in [0.5, 0.6) is 5.75 Å². The fourth-order valence-corrected chi connectivity index (χ4v) is 3.68. The first-order valence-electron chi connectivity index (χ1n) is 7.51. The Kier molecular flexibility index (Phi) is 3.22. The highest BCUT2D eigenvalue weighted by molar-refractivity contribution is 6.02. The molecular weight excluding hydrogens is 304 g/mol. The van der Waals surface area contributed by atoms with Gasteiger partial charge in [-0.1, -0.05) is 0 Å². The molecule has 1 aromatic heterocycles. The van der Waals surface area contributed by atoms with Crippen molar-refractivity contribution in [2.24, 2.45) is 0 Å². The highest BCUT2D eigenvalue weighted by atomic mass is 19.3. The molecule has 2 atom stereocenters. The van der Waals surface area contributed by atoms with Crippen molar-refractivity contribution in [2.45, 2.75) is 25.1 Å². The minimum atomic E-state index is -2.89. The van der Waals surface area contributed by atoms with E-state index in [1.54, 1.807) is 6.07 Å². The van der Waals surface area contributed by atoms with Crippen molar-refractivity contribution in [3.8, 4) is 5.75 Å². The van der Waals surface area contributed by atoms with E-state index in [4.69, 9.17) is 10.5 Å². The second kappa shape index (κ2) is 5.16. The normalized spacial score (nSPS) is 24.1. The number of nitrogen functional groups attached to an aromatic ring is 1. The third-order valence-corrected chi connectivity index (χ3v) is 4.84. The van der Waals surface area contributed by atoms with Crippen molar-refractivity contribution in [2.75, 3.05) is 30.8 Å². The molecule has 2 aliphatic rings. The van der Waals surface area contributed by atoms with Crippen LogP contribution in [0, 0.1) is 0 Å². The number of hydrogen-bond acceptors (Lipinski definition) is 6. The Morgan fingerprint density at radius 2 is 2.13 bits per heavy atom. The molecule has 23 heavy (non-hydrogen) atoms. The van der Waals surface area contributed by atoms with Gasteiger partial charge < -0.3 is 15.4 Å². The summed E-state index contributed by atoms with van der Waals surface area (Å²) in [5, 5.41) is 0.582. The van der Waals surface area contributed by atoms with Gasteiger partial charge in [-0.05, 0) is 25.6 Å². The number of aromatic nitrogens is 2. The average Bonchev–Trinajstić information content (AvgIpc) is 2.75. The topological polar surface area (TPSA) is 67.5 Å². The van der Waals surface area contributed by atoms with Gasteiger partial charge in [-0.25, -0.2) is 9.97 Å². The van der Waals surface area contributed by atoms with E-state index in [-0.39, 0.29) is 17.6 Å². The van der Waals surface area contributed by atoms with Gasteiger partial charge in [0, 0.05) is 25.2 Å². The lowest BCUT2D eigenvalue weighted by molar-refractivity contribution is -0.0496. The van der Waals surface area contributed by atoms with E-state index >= 15 is 0 Å². The van der Waals surface area contributed by atoms with Crippen molar-refractivity contribution in [1.29, 1.82) is 0 Å². The third kappa shape index (κ3) is 2.16. The molecule has 0 radical (unpaired) electrons. The second-order valence-corrected chi connectivity index (χ2v) is 6.00. The molecule has 0 unspecified atom stereocenters. The number of rotatable bonds is 3. The fourth-order valence-electron chi connectivity index (χ4n) is 3.68. The molecule has 0 amide bonds. The van der Waals surface area contributed by atoms with Crippen LogP contribution in [0.15, 0.2) is 18.5 Å². The monoisotopic (exact) mass is 321 g/mol. The van der Waals surface area contributed by atoms with Gasteiger partial charge in [0.25, 0.3) is 0 Å². The molecule has 0 spiro atoms. The molecule has 2 fully saturated rings. The number of likely N-dealkylation sites (N-methyl/N-ethyl adjacent to an activating group) is 1. The number of anilines is 2. The Bertz CT molecular complexity index is 756. The Balaban J connectivity index is 1.85. The summed E-state index contributed by atoms with van der Waals surface area (Å²) < 4.78 is 30.4. The van der Waals surface area contributed by atoms with Gasteiger partial charge in [0.1, 0.15) is 17.9 Å². The van der Waals surface area contributed by atoms with Gasteiger partial charge in [-0.3, -0.25) is 4.90 Å². The van der Waals surface area contributed by atoms with Crippen molar-refractivity contribution in [1.82, 2.24) is 14.9 Å². The number of halogens is 2. The van der Waals surface area contributed by atoms with Crippen LogP contribution < -0.4 is 15.4 Å². The molecule has 1 aromatic carbocycles. The number of benzene rings is 1. The average molecular weight is 321 g/mol. The lowest BCUT2D eigenvalue weighted by atomic mass is 9.94. The summed E-state index contributed by atoms with van der Waals surface area (Å²) in [6, 6.07) is 3.88. The zero-order valence-electron chi connectivity index (χ0n) is 12.6. The molecular formula is C15H17F2N5O. The Morgan fingerprint density at radius 1 is 1.30 bits per heavy atom. The molecule has 8 heteroatoms. The zero-order chi connectivity index (χ0) is 16.1. The number of alkyl halides is 2. The first-order valence-corrected chi connectivity index (χ1v) is 7.51. The van der Waals surface area contributed by atoms with Crippen LogP contribution in [0.3, 0.4) is 0 Å². The van der Waals surface area contributed by atoms with Gasteiger partial charge in [0.2, 0.25) is 0 Å². The van der Waals surface area contributed by atoms with E-state index in [1.807, 2.05) is 0 Å².